The second-order valence-corrected chi connectivity index (χ2v) is 5.52. The fourth-order valence-corrected chi connectivity index (χ4v) is 2.30. The van der Waals surface area contributed by atoms with Crippen LogP contribution in [0.5, 0.6) is 5.75 Å². The molecule has 0 unspecified atom stereocenters. The summed E-state index contributed by atoms with van der Waals surface area (Å²) in [5.41, 5.74) is 1.09. The second-order valence-electron chi connectivity index (χ2n) is 5.52. The van der Waals surface area contributed by atoms with Crippen molar-refractivity contribution in [2.24, 2.45) is 0 Å². The van der Waals surface area contributed by atoms with Gasteiger partial charge in [0.2, 0.25) is 0 Å². The molecular weight excluding hydrogens is 252 g/mol. The first kappa shape index (κ1) is 14.9. The fourth-order valence-electron chi connectivity index (χ4n) is 2.30. The van der Waals surface area contributed by atoms with Crippen LogP contribution in [0.3, 0.4) is 0 Å². The molecule has 4 heteroatoms. The number of benzene rings is 1. The highest BCUT2D eigenvalue weighted by molar-refractivity contribution is 5.78. The topological polar surface area (TPSA) is 41.6 Å². The lowest BCUT2D eigenvalue weighted by atomic mass is 10.2. The number of nitrogens with one attached hydrogen (secondary N) is 1. The van der Waals surface area contributed by atoms with E-state index in [2.05, 4.69) is 19.2 Å². The number of nitrogens with zero attached hydrogens (tertiary/aromatic N) is 1. The van der Waals surface area contributed by atoms with Crippen molar-refractivity contribution in [2.75, 3.05) is 19.7 Å². The van der Waals surface area contributed by atoms with Crippen LogP contribution < -0.4 is 10.1 Å². The van der Waals surface area contributed by atoms with Gasteiger partial charge in [0, 0.05) is 31.2 Å². The lowest BCUT2D eigenvalue weighted by Gasteiger charge is -2.17. The number of carbonyl (C=O) groups is 1. The van der Waals surface area contributed by atoms with Gasteiger partial charge in [-0.2, -0.15) is 0 Å². The summed E-state index contributed by atoms with van der Waals surface area (Å²) in [4.78, 5) is 13.9. The minimum atomic E-state index is 0.0918. The molecule has 0 radical (unpaired) electrons. The molecule has 1 aliphatic rings. The maximum absolute atomic E-state index is 12.0. The highest BCUT2D eigenvalue weighted by Crippen LogP contribution is 2.18. The predicted molar refractivity (Wildman–Crippen MR) is 79.7 cm³/mol. The van der Waals surface area contributed by atoms with Gasteiger partial charge >= 0.3 is 0 Å². The fraction of sp³-hybridized carbons (Fsp3) is 0.562. The molecule has 0 aliphatic carbocycles. The predicted octanol–water partition coefficient (Wildman–Crippen LogP) is 2.19. The molecule has 0 spiro atoms. The molecule has 1 heterocycles. The zero-order chi connectivity index (χ0) is 14.4. The maximum atomic E-state index is 12.0. The zero-order valence-electron chi connectivity index (χ0n) is 12.4. The van der Waals surface area contributed by atoms with Gasteiger partial charge in [-0.1, -0.05) is 32.0 Å². The van der Waals surface area contributed by atoms with E-state index in [9.17, 15) is 4.79 Å². The summed E-state index contributed by atoms with van der Waals surface area (Å²) >= 11 is 0. The van der Waals surface area contributed by atoms with E-state index in [0.29, 0.717) is 6.04 Å². The van der Waals surface area contributed by atoms with Crippen LogP contribution in [-0.4, -0.2) is 36.5 Å². The number of amides is 1. The van der Waals surface area contributed by atoms with Crippen molar-refractivity contribution < 1.29 is 9.53 Å². The molecule has 0 bridgehead atoms. The monoisotopic (exact) mass is 276 g/mol. The Balaban J connectivity index is 1.89. The zero-order valence-corrected chi connectivity index (χ0v) is 12.4. The maximum Gasteiger partial charge on any atom is 0.260 e. The van der Waals surface area contributed by atoms with E-state index in [4.69, 9.17) is 4.74 Å². The molecule has 0 atom stereocenters. The van der Waals surface area contributed by atoms with Gasteiger partial charge in [0.15, 0.2) is 6.61 Å². The average molecular weight is 276 g/mol. The number of hydrogen-bond acceptors (Lipinski definition) is 3. The first-order chi connectivity index (χ1) is 9.66. The highest BCUT2D eigenvalue weighted by Gasteiger charge is 2.18. The van der Waals surface area contributed by atoms with E-state index in [1.165, 1.54) is 0 Å². The van der Waals surface area contributed by atoms with Crippen LogP contribution >= 0.6 is 0 Å². The Morgan fingerprint density at radius 2 is 2.00 bits per heavy atom. The SMILES string of the molecule is CC(C)NCc1ccccc1OCC(=O)N1CCCC1. The van der Waals surface area contributed by atoms with Crippen molar-refractivity contribution in [2.45, 2.75) is 39.3 Å². The highest BCUT2D eigenvalue weighted by atomic mass is 16.5. The van der Waals surface area contributed by atoms with Crippen molar-refractivity contribution in [3.8, 4) is 5.75 Å². The normalized spacial score (nSPS) is 14.8. The Kier molecular flexibility index (Phi) is 5.41. The third-order valence-corrected chi connectivity index (χ3v) is 3.48. The van der Waals surface area contributed by atoms with Crippen LogP contribution in [0.1, 0.15) is 32.3 Å². The summed E-state index contributed by atoms with van der Waals surface area (Å²) in [5, 5.41) is 3.37. The Hall–Kier alpha value is -1.55. The average Bonchev–Trinajstić information content (AvgIpc) is 2.97. The minimum absolute atomic E-state index is 0.0918. The number of likely N-dealkylation sites (tertiary alicyclic amines) is 1. The van der Waals surface area contributed by atoms with Gasteiger partial charge in [-0.05, 0) is 18.9 Å². The number of ether oxygens (including phenoxy) is 1. The van der Waals surface area contributed by atoms with E-state index in [1.54, 1.807) is 0 Å². The van der Waals surface area contributed by atoms with Crippen LogP contribution in [0.15, 0.2) is 24.3 Å². The van der Waals surface area contributed by atoms with Crippen LogP contribution in [-0.2, 0) is 11.3 Å². The molecule has 1 aliphatic heterocycles. The molecule has 20 heavy (non-hydrogen) atoms. The lowest BCUT2D eigenvalue weighted by Crippen LogP contribution is -2.32. The van der Waals surface area contributed by atoms with E-state index >= 15 is 0 Å². The number of carbonyl (C=O) groups excluding carboxylic acids is 1. The summed E-state index contributed by atoms with van der Waals surface area (Å²) in [7, 11) is 0. The van der Waals surface area contributed by atoms with Gasteiger partial charge in [0.1, 0.15) is 5.75 Å². The van der Waals surface area contributed by atoms with Crippen LogP contribution in [0.4, 0.5) is 0 Å². The summed E-state index contributed by atoms with van der Waals surface area (Å²) in [6, 6.07) is 8.31. The van der Waals surface area contributed by atoms with Crippen molar-refractivity contribution in [1.29, 1.82) is 0 Å². The molecule has 0 saturated carbocycles. The van der Waals surface area contributed by atoms with Gasteiger partial charge in [-0.25, -0.2) is 0 Å². The number of rotatable bonds is 6. The summed E-state index contributed by atoms with van der Waals surface area (Å²) in [6.07, 6.45) is 2.22. The van der Waals surface area contributed by atoms with Crippen molar-refractivity contribution in [1.82, 2.24) is 10.2 Å². The van der Waals surface area contributed by atoms with Gasteiger partial charge in [0.25, 0.3) is 5.91 Å². The molecule has 1 aromatic rings. The van der Waals surface area contributed by atoms with E-state index in [1.807, 2.05) is 29.2 Å². The molecule has 4 nitrogen and oxygen atoms in total. The van der Waals surface area contributed by atoms with Gasteiger partial charge < -0.3 is 15.0 Å². The van der Waals surface area contributed by atoms with Gasteiger partial charge in [-0.3, -0.25) is 4.79 Å². The van der Waals surface area contributed by atoms with E-state index in [-0.39, 0.29) is 12.5 Å². The third-order valence-electron chi connectivity index (χ3n) is 3.48. The minimum Gasteiger partial charge on any atom is -0.483 e. The van der Waals surface area contributed by atoms with Crippen LogP contribution in [0.25, 0.3) is 0 Å². The molecule has 1 N–H and O–H groups in total. The molecule has 1 aromatic carbocycles. The van der Waals surface area contributed by atoms with Crippen LogP contribution in [0.2, 0.25) is 0 Å². The standard InChI is InChI=1S/C16H24N2O2/c1-13(2)17-11-14-7-3-4-8-15(14)20-12-16(19)18-9-5-6-10-18/h3-4,7-8,13,17H,5-6,9-12H2,1-2H3. The first-order valence-corrected chi connectivity index (χ1v) is 7.38. The molecule has 2 rings (SSSR count). The Morgan fingerprint density at radius 3 is 2.70 bits per heavy atom. The van der Waals surface area contributed by atoms with Crippen molar-refractivity contribution in [3.05, 3.63) is 29.8 Å². The number of hydrogen-bond donors (Lipinski definition) is 1. The summed E-state index contributed by atoms with van der Waals surface area (Å²) in [5.74, 6) is 0.891. The molecule has 110 valence electrons. The van der Waals surface area contributed by atoms with Crippen molar-refractivity contribution in [3.63, 3.8) is 0 Å². The molecule has 1 amide bonds. The number of para-hydroxylation sites is 1. The Labute approximate surface area is 121 Å². The molecule has 1 fully saturated rings. The molecular formula is C16H24N2O2. The lowest BCUT2D eigenvalue weighted by molar-refractivity contribution is -0.132. The van der Waals surface area contributed by atoms with E-state index < -0.39 is 0 Å². The van der Waals surface area contributed by atoms with E-state index in [0.717, 1.165) is 43.8 Å². The third kappa shape index (κ3) is 4.23. The Bertz CT molecular complexity index is 440. The van der Waals surface area contributed by atoms with Crippen LogP contribution in [0, 0.1) is 0 Å². The molecule has 0 aromatic heterocycles. The summed E-state index contributed by atoms with van der Waals surface area (Å²) in [6.45, 7) is 6.86. The Morgan fingerprint density at radius 1 is 1.30 bits per heavy atom. The quantitative estimate of drug-likeness (QED) is 0.866. The molecule has 1 saturated heterocycles. The second kappa shape index (κ2) is 7.29. The van der Waals surface area contributed by atoms with Crippen molar-refractivity contribution >= 4 is 5.91 Å². The smallest absolute Gasteiger partial charge is 0.260 e. The first-order valence-electron chi connectivity index (χ1n) is 7.38. The largest absolute Gasteiger partial charge is 0.483 e. The van der Waals surface area contributed by atoms with Gasteiger partial charge in [0.05, 0.1) is 0 Å². The van der Waals surface area contributed by atoms with Gasteiger partial charge in [-0.15, -0.1) is 0 Å². The summed E-state index contributed by atoms with van der Waals surface area (Å²) < 4.78 is 5.71.